The molecule has 1 heterocycles. The van der Waals surface area contributed by atoms with Gasteiger partial charge in [0.25, 0.3) is 0 Å². The lowest BCUT2D eigenvalue weighted by atomic mass is 9.82. The summed E-state index contributed by atoms with van der Waals surface area (Å²) < 4.78 is 0. The molecule has 0 spiro atoms. The number of hydrogen-bond acceptors (Lipinski definition) is 3. The third-order valence-corrected chi connectivity index (χ3v) is 3.31. The molecule has 0 atom stereocenters. The highest BCUT2D eigenvalue weighted by Crippen LogP contribution is 2.29. The quantitative estimate of drug-likeness (QED) is 0.743. The lowest BCUT2D eigenvalue weighted by Crippen LogP contribution is -2.62. The Morgan fingerprint density at radius 2 is 1.83 bits per heavy atom. The second-order valence-corrected chi connectivity index (χ2v) is 4.97. The largest absolute Gasteiger partial charge is 0.396 e. The number of nitrogens with zero attached hydrogens (tertiary/aromatic N) is 1. The second-order valence-electron chi connectivity index (χ2n) is 4.97. The van der Waals surface area contributed by atoms with E-state index in [1.807, 2.05) is 31.2 Å². The van der Waals surface area contributed by atoms with Gasteiger partial charge >= 0.3 is 6.03 Å². The summed E-state index contributed by atoms with van der Waals surface area (Å²) in [6.07, 6.45) is 0. The van der Waals surface area contributed by atoms with E-state index in [-0.39, 0.29) is 19.2 Å². The Hall–Kier alpha value is -1.59. The van der Waals surface area contributed by atoms with Gasteiger partial charge in [-0.3, -0.25) is 0 Å². The SMILES string of the molecule is Cc1ccc(NC(=O)N2CC(CO)(CO)C2)cc1. The van der Waals surface area contributed by atoms with Crippen LogP contribution in [0, 0.1) is 12.3 Å². The molecule has 0 aromatic heterocycles. The first-order chi connectivity index (χ1) is 8.58. The lowest BCUT2D eigenvalue weighted by molar-refractivity contribution is -0.0500. The predicted octanol–water partition coefficient (Wildman–Crippen LogP) is 0.814. The number of hydrogen-bond donors (Lipinski definition) is 3. The van der Waals surface area contributed by atoms with Crippen LogP contribution in [0.4, 0.5) is 10.5 Å². The monoisotopic (exact) mass is 250 g/mol. The van der Waals surface area contributed by atoms with Gasteiger partial charge in [0.05, 0.1) is 18.6 Å². The number of aliphatic hydroxyl groups is 2. The van der Waals surface area contributed by atoms with Crippen LogP contribution in [0.1, 0.15) is 5.56 Å². The number of anilines is 1. The Kier molecular flexibility index (Phi) is 3.54. The van der Waals surface area contributed by atoms with Crippen molar-refractivity contribution in [2.24, 2.45) is 5.41 Å². The standard InChI is InChI=1S/C13H18N2O3/c1-10-2-4-11(5-3-10)14-12(18)15-6-13(7-15,8-16)9-17/h2-5,16-17H,6-9H2,1H3,(H,14,18). The van der Waals surface area contributed by atoms with Crippen molar-refractivity contribution in [2.45, 2.75) is 6.92 Å². The zero-order valence-electron chi connectivity index (χ0n) is 10.4. The van der Waals surface area contributed by atoms with Crippen molar-refractivity contribution >= 4 is 11.7 Å². The first-order valence-electron chi connectivity index (χ1n) is 5.93. The zero-order valence-corrected chi connectivity index (χ0v) is 10.4. The molecule has 1 aromatic rings. The average molecular weight is 250 g/mol. The second kappa shape index (κ2) is 4.96. The molecule has 98 valence electrons. The third-order valence-electron chi connectivity index (χ3n) is 3.31. The van der Waals surface area contributed by atoms with Crippen molar-refractivity contribution in [2.75, 3.05) is 31.6 Å². The van der Waals surface area contributed by atoms with Gasteiger partial charge in [0.15, 0.2) is 0 Å². The molecule has 5 heteroatoms. The fourth-order valence-corrected chi connectivity index (χ4v) is 2.00. The summed E-state index contributed by atoms with van der Waals surface area (Å²) in [5.74, 6) is 0. The van der Waals surface area contributed by atoms with Gasteiger partial charge in [0.1, 0.15) is 0 Å². The number of rotatable bonds is 3. The molecule has 0 unspecified atom stereocenters. The van der Waals surface area contributed by atoms with Crippen LogP contribution in [-0.4, -0.2) is 47.4 Å². The number of aliphatic hydroxyl groups excluding tert-OH is 2. The number of amides is 2. The molecule has 0 saturated carbocycles. The van der Waals surface area contributed by atoms with E-state index in [4.69, 9.17) is 10.2 Å². The first-order valence-corrected chi connectivity index (χ1v) is 5.93. The number of urea groups is 1. The molecular weight excluding hydrogens is 232 g/mol. The van der Waals surface area contributed by atoms with Gasteiger partial charge in [-0.1, -0.05) is 17.7 Å². The van der Waals surface area contributed by atoms with E-state index in [9.17, 15) is 4.79 Å². The minimum absolute atomic E-state index is 0.0994. The molecule has 18 heavy (non-hydrogen) atoms. The Morgan fingerprint density at radius 1 is 1.28 bits per heavy atom. The van der Waals surface area contributed by atoms with Gasteiger partial charge in [-0.15, -0.1) is 0 Å². The summed E-state index contributed by atoms with van der Waals surface area (Å²) in [7, 11) is 0. The fourth-order valence-electron chi connectivity index (χ4n) is 2.00. The predicted molar refractivity (Wildman–Crippen MR) is 68.4 cm³/mol. The summed E-state index contributed by atoms with van der Waals surface area (Å²) in [4.78, 5) is 13.4. The van der Waals surface area contributed by atoms with E-state index in [1.54, 1.807) is 4.90 Å². The molecule has 5 nitrogen and oxygen atoms in total. The number of carbonyl (C=O) groups is 1. The van der Waals surface area contributed by atoms with Gasteiger partial charge < -0.3 is 20.4 Å². The molecule has 3 N–H and O–H groups in total. The minimum atomic E-state index is -0.523. The van der Waals surface area contributed by atoms with Gasteiger partial charge in [0, 0.05) is 18.8 Å². The van der Waals surface area contributed by atoms with Crippen LogP contribution in [0.3, 0.4) is 0 Å². The first kappa shape index (κ1) is 12.9. The van der Waals surface area contributed by atoms with Gasteiger partial charge in [-0.2, -0.15) is 0 Å². The Labute approximate surface area is 106 Å². The summed E-state index contributed by atoms with van der Waals surface area (Å²) in [6, 6.07) is 7.35. The van der Waals surface area contributed by atoms with Crippen LogP contribution < -0.4 is 5.32 Å². The number of aryl methyl sites for hydroxylation is 1. The van der Waals surface area contributed by atoms with Crippen molar-refractivity contribution in [1.82, 2.24) is 4.90 Å². The van der Waals surface area contributed by atoms with Crippen LogP contribution in [0.25, 0.3) is 0 Å². The Morgan fingerprint density at radius 3 is 2.33 bits per heavy atom. The molecular formula is C13H18N2O3. The molecule has 0 radical (unpaired) electrons. The maximum absolute atomic E-state index is 11.9. The summed E-state index contributed by atoms with van der Waals surface area (Å²) in [5, 5.41) is 21.1. The van der Waals surface area contributed by atoms with Gasteiger partial charge in [-0.05, 0) is 19.1 Å². The van der Waals surface area contributed by atoms with Crippen LogP contribution in [0.15, 0.2) is 24.3 Å². The Balaban J connectivity index is 1.89. The van der Waals surface area contributed by atoms with E-state index in [0.29, 0.717) is 13.1 Å². The smallest absolute Gasteiger partial charge is 0.321 e. The Bertz CT molecular complexity index is 418. The molecule has 0 bridgehead atoms. The van der Waals surface area contributed by atoms with Crippen molar-refractivity contribution in [3.63, 3.8) is 0 Å². The van der Waals surface area contributed by atoms with E-state index in [1.165, 1.54) is 0 Å². The van der Waals surface area contributed by atoms with Crippen LogP contribution in [0.2, 0.25) is 0 Å². The number of likely N-dealkylation sites (tertiary alicyclic amines) is 1. The molecule has 1 fully saturated rings. The topological polar surface area (TPSA) is 72.8 Å². The highest BCUT2D eigenvalue weighted by Gasteiger charge is 2.44. The number of nitrogens with one attached hydrogen (secondary N) is 1. The molecule has 2 amide bonds. The maximum Gasteiger partial charge on any atom is 0.321 e. The summed E-state index contributed by atoms with van der Waals surface area (Å²) in [5.41, 5.74) is 1.36. The number of benzene rings is 1. The molecule has 1 aliphatic rings. The summed E-state index contributed by atoms with van der Waals surface area (Å²) in [6.45, 7) is 2.56. The summed E-state index contributed by atoms with van der Waals surface area (Å²) >= 11 is 0. The molecule has 1 aromatic carbocycles. The minimum Gasteiger partial charge on any atom is -0.396 e. The van der Waals surface area contributed by atoms with Crippen LogP contribution >= 0.6 is 0 Å². The van der Waals surface area contributed by atoms with Crippen LogP contribution in [0.5, 0.6) is 0 Å². The molecule has 2 rings (SSSR count). The van der Waals surface area contributed by atoms with Crippen molar-refractivity contribution in [3.8, 4) is 0 Å². The van der Waals surface area contributed by atoms with Crippen molar-refractivity contribution in [3.05, 3.63) is 29.8 Å². The average Bonchev–Trinajstić information content (AvgIpc) is 2.32. The highest BCUT2D eigenvalue weighted by molar-refractivity contribution is 5.90. The van der Waals surface area contributed by atoms with Gasteiger partial charge in [0.2, 0.25) is 0 Å². The number of carbonyl (C=O) groups excluding carboxylic acids is 1. The van der Waals surface area contributed by atoms with Crippen molar-refractivity contribution in [1.29, 1.82) is 0 Å². The maximum atomic E-state index is 11.9. The van der Waals surface area contributed by atoms with Crippen molar-refractivity contribution < 1.29 is 15.0 Å². The third kappa shape index (κ3) is 2.47. The van der Waals surface area contributed by atoms with E-state index in [2.05, 4.69) is 5.32 Å². The normalized spacial score (nSPS) is 17.2. The fraction of sp³-hybridized carbons (Fsp3) is 0.462. The molecule has 1 aliphatic heterocycles. The molecule has 0 aliphatic carbocycles. The van der Waals surface area contributed by atoms with E-state index >= 15 is 0 Å². The van der Waals surface area contributed by atoms with E-state index in [0.717, 1.165) is 11.3 Å². The highest BCUT2D eigenvalue weighted by atomic mass is 16.3. The van der Waals surface area contributed by atoms with Gasteiger partial charge in [-0.25, -0.2) is 4.79 Å². The lowest BCUT2D eigenvalue weighted by Gasteiger charge is -2.47. The zero-order chi connectivity index (χ0) is 13.2. The van der Waals surface area contributed by atoms with Crippen LogP contribution in [-0.2, 0) is 0 Å². The van der Waals surface area contributed by atoms with E-state index < -0.39 is 5.41 Å². The molecule has 1 saturated heterocycles.